The van der Waals surface area contributed by atoms with E-state index in [1.807, 2.05) is 272 Å². The van der Waals surface area contributed by atoms with Gasteiger partial charge in [-0.3, -0.25) is 14.6 Å². The van der Waals surface area contributed by atoms with Crippen LogP contribution in [0.15, 0.2) is 533 Å². The highest BCUT2D eigenvalue weighted by Gasteiger charge is 2.49. The number of rotatable bonds is 28. The molecule has 22 rings (SSSR count). The van der Waals surface area contributed by atoms with Gasteiger partial charge in [-0.15, -0.1) is 18.3 Å². The van der Waals surface area contributed by atoms with Crippen molar-refractivity contribution in [3.05, 3.63) is 578 Å². The standard InChI is InChI=1S/C34H30N4.C34H28N4.C18H16N2.C10H7F3N2O3S.C10H10N2.C9H9Br.C9H8N2O/c2*1-3-17-31(18-4-1)37-23-21-33(35-37)29-15-9-13-27(25-29)11-7-8-12-28-14-10-16-30(26-28)34-22-24-38(36-34)32-19-5-2-6-20-32;1-2-7-15-8-6-9-16(14-15)18-12-13-20(19-18)17-10-4-3-5-11-17;11-10(12,13)19(16,17)18-9-6-7-15(14-9)8-4-2-1-3-5-8;1-9-7-8-12(11-9)10-5-3-2-4-6-10;1-2-4-8-5-3-6-9(10)7-8;12-9-6-7-11(10-9)8-4-2-1-3-5-8/h1-6,9-10,13-26H,7-8,11-12H2;1-10,13-26H,11-12H2;2-6,8-14H,1,7H2;1-7H;2-8H,1H3;2-3,5-7H,1,4H2;1-7H,(H,10,12)/b;8-7-;;;;;. The predicted octanol–water partition coefficient (Wildman–Crippen LogP) is 28.6. The van der Waals surface area contributed by atoms with E-state index in [1.54, 1.807) is 41.2 Å². The third-order valence-electron chi connectivity index (χ3n) is 23.3. The minimum absolute atomic E-state index is 0.0844. The summed E-state index contributed by atoms with van der Waals surface area (Å²) < 4.78 is 77.2. The summed E-state index contributed by atoms with van der Waals surface area (Å²) in [7, 11) is -5.70. The number of allylic oxidation sites excluding steroid dienone is 4. The van der Waals surface area contributed by atoms with Crippen LogP contribution in [-0.4, -0.2) is 92.2 Å². The molecule has 0 aliphatic heterocycles. The van der Waals surface area contributed by atoms with Gasteiger partial charge in [-0.1, -0.05) is 289 Å². The Morgan fingerprint density at radius 3 is 0.859 bits per heavy atom. The molecular formula is C124H108BrF3N16O4S. The zero-order valence-electron chi connectivity index (χ0n) is 81.8. The van der Waals surface area contributed by atoms with Crippen LogP contribution in [-0.2, 0) is 48.6 Å². The van der Waals surface area contributed by atoms with Crippen molar-refractivity contribution in [2.45, 2.75) is 63.8 Å². The SMILES string of the molecule is C(=C/Cc1cccc(-c2ccn(-c3ccccc3)n2)c1)/Cc1cccc(-c2ccn(-c3ccccc3)n2)c1.C=CCc1cccc(-c2ccn(-c3ccccc3)n2)c1.C=CCc1cccc(Br)c1.Cc1ccn(-c2ccccc2)n1.O=S(=O)(Oc1ccn(-c2ccccc2)n1)C(F)(F)F.O=c1ccn(-c2ccccc2)[nH]1.c1ccc(-n2ccc(-c3cccc(CCCCc4cccc(-c5ccn(-c6ccccc6)n5)c4)c3)n2)cc1. The summed E-state index contributed by atoms with van der Waals surface area (Å²) in [4.78, 5) is 10.8. The van der Waals surface area contributed by atoms with Crippen LogP contribution in [0.4, 0.5) is 13.2 Å². The number of unbranched alkanes of at least 4 members (excludes halogenated alkanes) is 1. The monoisotopic (exact) mass is 2050 g/mol. The van der Waals surface area contributed by atoms with Crippen molar-refractivity contribution in [2.75, 3.05) is 0 Å². The number of halogens is 4. The van der Waals surface area contributed by atoms with Crippen molar-refractivity contribution >= 4 is 26.0 Å². The molecule has 0 unspecified atom stereocenters. The first-order valence-electron chi connectivity index (χ1n) is 48.5. The van der Waals surface area contributed by atoms with Crippen LogP contribution in [0.25, 0.3) is 102 Å². The Bertz CT molecular complexity index is 7920. The predicted molar refractivity (Wildman–Crippen MR) is 594 cm³/mol. The first-order valence-corrected chi connectivity index (χ1v) is 50.7. The summed E-state index contributed by atoms with van der Waals surface area (Å²) in [6.07, 6.45) is 31.4. The average Bonchev–Trinajstić information content (AvgIpc) is 1.81. The van der Waals surface area contributed by atoms with Gasteiger partial charge in [0.1, 0.15) is 0 Å². The van der Waals surface area contributed by atoms with E-state index in [-0.39, 0.29) is 5.56 Å². The van der Waals surface area contributed by atoms with Crippen LogP contribution in [0.1, 0.15) is 51.9 Å². The third kappa shape index (κ3) is 30.5. The molecule has 0 bridgehead atoms. The van der Waals surface area contributed by atoms with E-state index < -0.39 is 21.5 Å². The molecule has 1 N–H and O–H groups in total. The Balaban J connectivity index is 0.000000131. The lowest BCUT2D eigenvalue weighted by molar-refractivity contribution is -0.0501. The molecule has 25 heteroatoms. The lowest BCUT2D eigenvalue weighted by Crippen LogP contribution is -2.28. The molecule has 0 fully saturated rings. The molecule has 20 nitrogen and oxygen atoms in total. The molecule has 0 aliphatic carbocycles. The van der Waals surface area contributed by atoms with Crippen molar-refractivity contribution in [2.24, 2.45) is 0 Å². The number of aromatic amines is 1. The van der Waals surface area contributed by atoms with Crippen LogP contribution in [0.5, 0.6) is 5.88 Å². The summed E-state index contributed by atoms with van der Waals surface area (Å²) in [5, 5.41) is 34.3. The van der Waals surface area contributed by atoms with Gasteiger partial charge in [0, 0.05) is 94.0 Å². The maximum absolute atomic E-state index is 12.1. The number of H-pyrrole nitrogens is 1. The highest BCUT2D eigenvalue weighted by atomic mass is 79.9. The fourth-order valence-electron chi connectivity index (χ4n) is 15.9. The normalized spacial score (nSPS) is 10.9. The summed E-state index contributed by atoms with van der Waals surface area (Å²) in [6, 6.07) is 146. The number of nitrogens with zero attached hydrogens (tertiary/aromatic N) is 15. The third-order valence-corrected chi connectivity index (χ3v) is 24.8. The Hall–Kier alpha value is -18.2. The van der Waals surface area contributed by atoms with E-state index in [1.165, 1.54) is 61.5 Å². The maximum Gasteiger partial charge on any atom is 0.534 e. The van der Waals surface area contributed by atoms with E-state index in [2.05, 4.69) is 272 Å². The van der Waals surface area contributed by atoms with Gasteiger partial charge in [-0.25, -0.2) is 32.8 Å². The van der Waals surface area contributed by atoms with E-state index >= 15 is 0 Å². The minimum Gasteiger partial charge on any atom is -0.354 e. The van der Waals surface area contributed by atoms with Crippen molar-refractivity contribution in [3.8, 4) is 108 Å². The number of alkyl halides is 3. The summed E-state index contributed by atoms with van der Waals surface area (Å²) in [6.45, 7) is 9.44. The largest absolute Gasteiger partial charge is 0.534 e. The van der Waals surface area contributed by atoms with Crippen molar-refractivity contribution in [1.29, 1.82) is 0 Å². The van der Waals surface area contributed by atoms with Crippen molar-refractivity contribution < 1.29 is 25.8 Å². The van der Waals surface area contributed by atoms with Crippen LogP contribution in [0.3, 0.4) is 0 Å². The van der Waals surface area contributed by atoms with Gasteiger partial charge in [-0.2, -0.15) is 52.2 Å². The highest BCUT2D eigenvalue weighted by molar-refractivity contribution is 9.10. The summed E-state index contributed by atoms with van der Waals surface area (Å²) in [5.74, 6) is -0.652. The van der Waals surface area contributed by atoms with Crippen LogP contribution in [0.2, 0.25) is 0 Å². The molecule has 149 heavy (non-hydrogen) atoms. The van der Waals surface area contributed by atoms with E-state index in [9.17, 15) is 26.4 Å². The number of hydrogen-bond donors (Lipinski definition) is 1. The second-order valence-corrected chi connectivity index (χ2v) is 36.7. The van der Waals surface area contributed by atoms with E-state index in [0.29, 0.717) is 5.69 Å². The molecule has 0 saturated heterocycles. The zero-order chi connectivity index (χ0) is 103. The molecule has 14 aromatic carbocycles. The number of aryl methyl sites for hydroxylation is 3. The Morgan fingerprint density at radius 2 is 0.570 bits per heavy atom. The van der Waals surface area contributed by atoms with Gasteiger partial charge in [-0.05, 0) is 268 Å². The zero-order valence-corrected chi connectivity index (χ0v) is 84.2. The molecule has 8 aromatic heterocycles. The lowest BCUT2D eigenvalue weighted by Gasteiger charge is -2.06. The smallest absolute Gasteiger partial charge is 0.354 e. The first-order chi connectivity index (χ1) is 72.8. The van der Waals surface area contributed by atoms with Gasteiger partial charge >= 0.3 is 15.6 Å². The van der Waals surface area contributed by atoms with Gasteiger partial charge in [0.2, 0.25) is 0 Å². The number of benzene rings is 14. The maximum atomic E-state index is 12.1. The molecule has 22 aromatic rings. The second-order valence-electron chi connectivity index (χ2n) is 34.3. The van der Waals surface area contributed by atoms with Gasteiger partial charge in [0.25, 0.3) is 11.4 Å². The number of aromatic nitrogens is 16. The molecule has 0 saturated carbocycles. The fraction of sp³-hybridized carbons (Fsp3) is 0.0806. The van der Waals surface area contributed by atoms with Gasteiger partial charge in [0.15, 0.2) is 0 Å². The topological polar surface area (TPSA) is 206 Å². The highest BCUT2D eigenvalue weighted by Crippen LogP contribution is 2.31. The molecule has 0 amide bonds. The first kappa shape index (κ1) is 104. The molecule has 742 valence electrons. The molecule has 0 atom stereocenters. The van der Waals surface area contributed by atoms with Crippen LogP contribution < -0.4 is 9.74 Å². The Labute approximate surface area is 873 Å². The molecule has 0 radical (unpaired) electrons. The number of nitrogens with one attached hydrogen (secondary N) is 1. The van der Waals surface area contributed by atoms with Gasteiger partial charge < -0.3 is 4.18 Å². The Kier molecular flexibility index (Phi) is 36.4. The van der Waals surface area contributed by atoms with E-state index in [0.717, 1.165) is 153 Å². The molecule has 0 spiro atoms. The number of para-hydroxylation sites is 8. The average molecular weight is 2060 g/mol. The van der Waals surface area contributed by atoms with Crippen LogP contribution >= 0.6 is 15.9 Å². The van der Waals surface area contributed by atoms with E-state index in [4.69, 9.17) is 20.4 Å². The number of hydrogen-bond acceptors (Lipinski definition) is 11. The fourth-order valence-corrected chi connectivity index (χ4v) is 16.8. The minimum atomic E-state index is -5.70. The summed E-state index contributed by atoms with van der Waals surface area (Å²) >= 11 is 3.40. The Morgan fingerprint density at radius 1 is 0.302 bits per heavy atom. The van der Waals surface area contributed by atoms with Crippen molar-refractivity contribution in [1.82, 2.24) is 78.2 Å². The molecule has 8 heterocycles. The molecule has 0 aliphatic rings. The van der Waals surface area contributed by atoms with Crippen LogP contribution in [0, 0.1) is 6.92 Å². The quantitative estimate of drug-likeness (QED) is 0.0211. The lowest BCUT2D eigenvalue weighted by atomic mass is 10.00. The van der Waals surface area contributed by atoms with Crippen molar-refractivity contribution in [3.63, 3.8) is 0 Å². The summed E-state index contributed by atoms with van der Waals surface area (Å²) in [5.41, 5.74) is 21.9. The second kappa shape index (κ2) is 52.4. The molecular weight excluding hydrogens is 1950 g/mol. The van der Waals surface area contributed by atoms with Gasteiger partial charge in [0.05, 0.1) is 79.7 Å².